The maximum absolute atomic E-state index is 8.97. The summed E-state index contributed by atoms with van der Waals surface area (Å²) in [5, 5.41) is 8.97. The van der Waals surface area contributed by atoms with Gasteiger partial charge in [0.05, 0.1) is 0 Å². The minimum Gasteiger partial charge on any atom is -0.251 e. The Kier molecular flexibility index (Phi) is 2.50. The molecular formula is C12H18O2. The van der Waals surface area contributed by atoms with E-state index in [-0.39, 0.29) is 0 Å². The number of rotatable bonds is 1. The van der Waals surface area contributed by atoms with E-state index in [0.717, 1.165) is 19.3 Å². The second kappa shape index (κ2) is 3.52. The normalized spacial score (nSPS) is 37.2. The average molecular weight is 194 g/mol. The van der Waals surface area contributed by atoms with E-state index in [2.05, 4.69) is 24.0 Å². The molecule has 0 amide bonds. The van der Waals surface area contributed by atoms with Crippen molar-refractivity contribution in [2.24, 2.45) is 5.92 Å². The average Bonchev–Trinajstić information content (AvgIpc) is 2.39. The number of hydrogen-bond acceptors (Lipinski definition) is 2. The predicted octanol–water partition coefficient (Wildman–Crippen LogP) is 3.31. The highest BCUT2D eigenvalue weighted by Crippen LogP contribution is 2.43. The molecule has 78 valence electrons. The molecule has 0 saturated heterocycles. The Bertz CT molecular complexity index is 291. The van der Waals surface area contributed by atoms with Gasteiger partial charge in [-0.1, -0.05) is 24.6 Å². The van der Waals surface area contributed by atoms with E-state index in [0.29, 0.717) is 5.92 Å². The first kappa shape index (κ1) is 9.94. The summed E-state index contributed by atoms with van der Waals surface area (Å²) in [6.45, 7) is 4.24. The van der Waals surface area contributed by atoms with Gasteiger partial charge < -0.3 is 0 Å². The first-order valence-corrected chi connectivity index (χ1v) is 5.40. The standard InChI is InChI=1S/C12H18O2/c1-9-5-3-4-6-11-10(9)7-8-12(11,2)14-13/h4,6,9,13H,3,5,7-8H2,1-2H3/t9-,12+/m0/s1. The minimum absolute atomic E-state index is 0.454. The van der Waals surface area contributed by atoms with Crippen LogP contribution in [0, 0.1) is 5.92 Å². The van der Waals surface area contributed by atoms with Crippen LogP contribution < -0.4 is 0 Å². The zero-order chi connectivity index (χ0) is 10.2. The van der Waals surface area contributed by atoms with Crippen molar-refractivity contribution < 1.29 is 10.1 Å². The van der Waals surface area contributed by atoms with E-state index in [9.17, 15) is 0 Å². The summed E-state index contributed by atoms with van der Waals surface area (Å²) in [5.74, 6) is 0.636. The fourth-order valence-electron chi connectivity index (χ4n) is 2.59. The monoisotopic (exact) mass is 194 g/mol. The SMILES string of the molecule is C[C@H]1CCC=CC2=C1CC[C@@]2(C)OO. The molecule has 0 aliphatic heterocycles. The summed E-state index contributed by atoms with van der Waals surface area (Å²) in [7, 11) is 0. The van der Waals surface area contributed by atoms with Crippen LogP contribution in [0.2, 0.25) is 0 Å². The molecule has 2 heteroatoms. The van der Waals surface area contributed by atoms with E-state index >= 15 is 0 Å². The molecule has 0 radical (unpaired) electrons. The molecule has 14 heavy (non-hydrogen) atoms. The second-order valence-electron chi connectivity index (χ2n) is 4.64. The zero-order valence-electron chi connectivity index (χ0n) is 8.92. The molecule has 0 saturated carbocycles. The highest BCUT2D eigenvalue weighted by molar-refractivity contribution is 5.40. The molecule has 2 aliphatic rings. The predicted molar refractivity (Wildman–Crippen MR) is 55.9 cm³/mol. The largest absolute Gasteiger partial charge is 0.251 e. The van der Waals surface area contributed by atoms with Crippen LogP contribution in [-0.4, -0.2) is 10.9 Å². The lowest BCUT2D eigenvalue weighted by atomic mass is 9.93. The first-order valence-electron chi connectivity index (χ1n) is 5.40. The molecule has 2 aliphatic carbocycles. The van der Waals surface area contributed by atoms with Gasteiger partial charge in [0.1, 0.15) is 5.60 Å². The lowest BCUT2D eigenvalue weighted by Gasteiger charge is -2.22. The molecule has 0 aromatic heterocycles. The molecule has 0 bridgehead atoms. The van der Waals surface area contributed by atoms with Gasteiger partial charge in [0.2, 0.25) is 0 Å². The van der Waals surface area contributed by atoms with Crippen LogP contribution >= 0.6 is 0 Å². The van der Waals surface area contributed by atoms with E-state index < -0.39 is 5.60 Å². The van der Waals surface area contributed by atoms with Gasteiger partial charge in [-0.05, 0) is 44.1 Å². The highest BCUT2D eigenvalue weighted by Gasteiger charge is 2.38. The molecule has 0 aromatic carbocycles. The minimum atomic E-state index is -0.454. The van der Waals surface area contributed by atoms with Gasteiger partial charge in [0.25, 0.3) is 0 Å². The maximum Gasteiger partial charge on any atom is 0.126 e. The number of allylic oxidation sites excluding steroid dienone is 2. The van der Waals surface area contributed by atoms with E-state index in [4.69, 9.17) is 5.26 Å². The lowest BCUT2D eigenvalue weighted by molar-refractivity contribution is -0.304. The quantitative estimate of drug-likeness (QED) is 0.512. The molecule has 2 rings (SSSR count). The molecule has 2 nitrogen and oxygen atoms in total. The Hall–Kier alpha value is -0.600. The van der Waals surface area contributed by atoms with E-state index in [1.165, 1.54) is 17.6 Å². The summed E-state index contributed by atoms with van der Waals surface area (Å²) in [6, 6.07) is 0. The third-order valence-corrected chi connectivity index (χ3v) is 3.63. The summed E-state index contributed by atoms with van der Waals surface area (Å²) in [6.07, 6.45) is 8.66. The molecule has 0 heterocycles. The third kappa shape index (κ3) is 1.43. The topological polar surface area (TPSA) is 29.5 Å². The van der Waals surface area contributed by atoms with Crippen LogP contribution in [0.5, 0.6) is 0 Å². The Balaban J connectivity index is 2.38. The maximum atomic E-state index is 8.97. The van der Waals surface area contributed by atoms with Crippen molar-refractivity contribution in [3.8, 4) is 0 Å². The van der Waals surface area contributed by atoms with Crippen LogP contribution in [0.1, 0.15) is 39.5 Å². The van der Waals surface area contributed by atoms with Crippen molar-refractivity contribution in [2.75, 3.05) is 0 Å². The zero-order valence-corrected chi connectivity index (χ0v) is 8.92. The van der Waals surface area contributed by atoms with Crippen LogP contribution in [-0.2, 0) is 4.89 Å². The van der Waals surface area contributed by atoms with Crippen LogP contribution in [0.15, 0.2) is 23.3 Å². The Labute approximate surface area is 85.2 Å². The molecule has 1 N–H and O–H groups in total. The van der Waals surface area contributed by atoms with Gasteiger partial charge in [-0.3, -0.25) is 5.26 Å². The van der Waals surface area contributed by atoms with E-state index in [1.54, 1.807) is 0 Å². The van der Waals surface area contributed by atoms with Gasteiger partial charge in [0, 0.05) is 0 Å². The van der Waals surface area contributed by atoms with Gasteiger partial charge in [-0.2, -0.15) is 0 Å². The Morgan fingerprint density at radius 1 is 1.57 bits per heavy atom. The molecule has 2 atom stereocenters. The summed E-state index contributed by atoms with van der Waals surface area (Å²) in [5.41, 5.74) is 2.24. The molecule has 0 unspecified atom stereocenters. The fraction of sp³-hybridized carbons (Fsp3) is 0.667. The highest BCUT2D eigenvalue weighted by atomic mass is 17.1. The lowest BCUT2D eigenvalue weighted by Crippen LogP contribution is -2.26. The van der Waals surface area contributed by atoms with Gasteiger partial charge in [-0.25, -0.2) is 4.89 Å². The van der Waals surface area contributed by atoms with Gasteiger partial charge in [0.15, 0.2) is 0 Å². The first-order chi connectivity index (χ1) is 6.67. The molecule has 0 aromatic rings. The van der Waals surface area contributed by atoms with Crippen molar-refractivity contribution in [2.45, 2.75) is 45.1 Å². The molecule has 0 fully saturated rings. The van der Waals surface area contributed by atoms with Crippen molar-refractivity contribution in [1.82, 2.24) is 0 Å². The smallest absolute Gasteiger partial charge is 0.126 e. The van der Waals surface area contributed by atoms with E-state index in [1.807, 2.05) is 6.92 Å². The van der Waals surface area contributed by atoms with Crippen molar-refractivity contribution in [3.63, 3.8) is 0 Å². The summed E-state index contributed by atoms with van der Waals surface area (Å²) in [4.78, 5) is 4.66. The van der Waals surface area contributed by atoms with Crippen LogP contribution in [0.25, 0.3) is 0 Å². The summed E-state index contributed by atoms with van der Waals surface area (Å²) < 4.78 is 0. The number of hydrogen-bond donors (Lipinski definition) is 1. The van der Waals surface area contributed by atoms with Crippen LogP contribution in [0.4, 0.5) is 0 Å². The van der Waals surface area contributed by atoms with Gasteiger partial charge in [-0.15, -0.1) is 0 Å². The van der Waals surface area contributed by atoms with Crippen molar-refractivity contribution >= 4 is 0 Å². The molecular weight excluding hydrogens is 176 g/mol. The fourth-order valence-corrected chi connectivity index (χ4v) is 2.59. The van der Waals surface area contributed by atoms with Crippen molar-refractivity contribution in [1.29, 1.82) is 0 Å². The second-order valence-corrected chi connectivity index (χ2v) is 4.64. The van der Waals surface area contributed by atoms with Crippen molar-refractivity contribution in [3.05, 3.63) is 23.3 Å². The summed E-state index contributed by atoms with van der Waals surface area (Å²) >= 11 is 0. The van der Waals surface area contributed by atoms with Gasteiger partial charge >= 0.3 is 0 Å². The van der Waals surface area contributed by atoms with Crippen LogP contribution in [0.3, 0.4) is 0 Å². The Morgan fingerprint density at radius 3 is 3.07 bits per heavy atom. The molecule has 0 spiro atoms. The Morgan fingerprint density at radius 2 is 2.36 bits per heavy atom. The third-order valence-electron chi connectivity index (χ3n) is 3.63.